The van der Waals surface area contributed by atoms with Crippen molar-refractivity contribution in [2.24, 2.45) is 0 Å². The minimum absolute atomic E-state index is 0.215. The Bertz CT molecular complexity index is 1010. The summed E-state index contributed by atoms with van der Waals surface area (Å²) in [5, 5.41) is 2.88. The molecule has 0 bridgehead atoms. The van der Waals surface area contributed by atoms with Gasteiger partial charge >= 0.3 is 5.97 Å². The van der Waals surface area contributed by atoms with E-state index in [1.807, 2.05) is 31.2 Å². The number of rotatable bonds is 6. The maximum atomic E-state index is 12.6. The minimum Gasteiger partial charge on any atom is -0.465 e. The average Bonchev–Trinajstić information content (AvgIpc) is 2.74. The van der Waals surface area contributed by atoms with Gasteiger partial charge in [0.1, 0.15) is 0 Å². The Hall–Kier alpha value is -3.05. The first-order chi connectivity index (χ1) is 14.0. The fraction of sp³-hybridized carbons (Fsp3) is 0.167. The van der Waals surface area contributed by atoms with E-state index in [0.717, 1.165) is 16.9 Å². The van der Waals surface area contributed by atoms with Gasteiger partial charge < -0.3 is 10.1 Å². The molecule has 0 fully saturated rings. The van der Waals surface area contributed by atoms with Crippen LogP contribution < -0.4 is 5.32 Å². The molecule has 3 aromatic carbocycles. The number of anilines is 1. The van der Waals surface area contributed by atoms with Gasteiger partial charge in [-0.15, -0.1) is 11.8 Å². The molecule has 29 heavy (non-hydrogen) atoms. The molecule has 0 spiro atoms. The molecule has 0 unspecified atom stereocenters. The molecular weight excluding hydrogens is 382 g/mol. The lowest BCUT2D eigenvalue weighted by Gasteiger charge is -2.10. The van der Waals surface area contributed by atoms with Crippen molar-refractivity contribution in [2.75, 3.05) is 12.4 Å². The minimum atomic E-state index is -0.434. The number of esters is 1. The molecule has 1 amide bonds. The van der Waals surface area contributed by atoms with Crippen molar-refractivity contribution < 1.29 is 14.3 Å². The average molecular weight is 406 g/mol. The van der Waals surface area contributed by atoms with E-state index in [0.29, 0.717) is 16.8 Å². The van der Waals surface area contributed by atoms with Gasteiger partial charge in [0, 0.05) is 21.9 Å². The third-order valence-corrected chi connectivity index (χ3v) is 5.63. The first kappa shape index (κ1) is 20.7. The van der Waals surface area contributed by atoms with E-state index >= 15 is 0 Å². The van der Waals surface area contributed by atoms with E-state index < -0.39 is 5.97 Å². The number of methoxy groups -OCH3 is 1. The maximum Gasteiger partial charge on any atom is 0.337 e. The van der Waals surface area contributed by atoms with Gasteiger partial charge in [0.25, 0.3) is 5.91 Å². The molecular formula is C24H23NO3S. The number of aryl methyl sites for hydroxylation is 2. The highest BCUT2D eigenvalue weighted by Gasteiger charge is 2.12. The smallest absolute Gasteiger partial charge is 0.337 e. The molecule has 4 nitrogen and oxygen atoms in total. The van der Waals surface area contributed by atoms with Crippen LogP contribution in [0.2, 0.25) is 0 Å². The first-order valence-electron chi connectivity index (χ1n) is 9.25. The van der Waals surface area contributed by atoms with Crippen molar-refractivity contribution >= 4 is 29.3 Å². The summed E-state index contributed by atoms with van der Waals surface area (Å²) in [5.41, 5.74) is 4.83. The van der Waals surface area contributed by atoms with Crippen molar-refractivity contribution in [2.45, 2.75) is 24.5 Å². The molecule has 3 aromatic rings. The number of thioether (sulfide) groups is 1. The first-order valence-corrected chi connectivity index (χ1v) is 10.2. The largest absolute Gasteiger partial charge is 0.465 e. The summed E-state index contributed by atoms with van der Waals surface area (Å²) in [7, 11) is 1.33. The van der Waals surface area contributed by atoms with E-state index in [-0.39, 0.29) is 5.91 Å². The summed E-state index contributed by atoms with van der Waals surface area (Å²) in [6, 6.07) is 21.1. The van der Waals surface area contributed by atoms with Crippen LogP contribution in [-0.2, 0) is 10.5 Å². The lowest BCUT2D eigenvalue weighted by atomic mass is 10.1. The molecule has 0 saturated heterocycles. The SMILES string of the molecule is COC(=O)c1ccc(C)c(NC(=O)c2ccc(CSc3ccc(C)cc3)cc2)c1. The fourth-order valence-corrected chi connectivity index (χ4v) is 3.60. The van der Waals surface area contributed by atoms with Gasteiger partial charge in [-0.1, -0.05) is 35.9 Å². The molecule has 1 N–H and O–H groups in total. The van der Waals surface area contributed by atoms with Gasteiger partial charge in [0.2, 0.25) is 0 Å². The Morgan fingerprint density at radius 2 is 1.55 bits per heavy atom. The van der Waals surface area contributed by atoms with Gasteiger partial charge in [0.05, 0.1) is 12.7 Å². The van der Waals surface area contributed by atoms with Crippen LogP contribution in [-0.4, -0.2) is 19.0 Å². The summed E-state index contributed by atoms with van der Waals surface area (Å²) in [4.78, 5) is 25.5. The lowest BCUT2D eigenvalue weighted by molar-refractivity contribution is 0.0600. The van der Waals surface area contributed by atoms with E-state index in [1.54, 1.807) is 30.0 Å². The second-order valence-corrected chi connectivity index (χ2v) is 7.82. The van der Waals surface area contributed by atoms with Crippen LogP contribution in [0.1, 0.15) is 37.4 Å². The summed E-state index contributed by atoms with van der Waals surface area (Å²) in [5.74, 6) is 0.189. The van der Waals surface area contributed by atoms with Crippen molar-refractivity contribution in [3.05, 3.63) is 94.5 Å². The predicted molar refractivity (Wildman–Crippen MR) is 118 cm³/mol. The van der Waals surface area contributed by atoms with Crippen LogP contribution in [0.25, 0.3) is 0 Å². The highest BCUT2D eigenvalue weighted by atomic mass is 32.2. The van der Waals surface area contributed by atoms with Gasteiger partial charge in [-0.25, -0.2) is 4.79 Å². The molecule has 3 rings (SSSR count). The molecule has 5 heteroatoms. The summed E-state index contributed by atoms with van der Waals surface area (Å²) in [6.45, 7) is 3.95. The normalized spacial score (nSPS) is 10.4. The summed E-state index contributed by atoms with van der Waals surface area (Å²) in [6.07, 6.45) is 0. The highest BCUT2D eigenvalue weighted by Crippen LogP contribution is 2.24. The van der Waals surface area contributed by atoms with Gasteiger partial charge in [-0.2, -0.15) is 0 Å². The van der Waals surface area contributed by atoms with Crippen molar-refractivity contribution in [3.63, 3.8) is 0 Å². The van der Waals surface area contributed by atoms with Gasteiger partial charge in [-0.05, 0) is 61.4 Å². The summed E-state index contributed by atoms with van der Waals surface area (Å²) >= 11 is 1.76. The monoisotopic (exact) mass is 405 g/mol. The standard InChI is InChI=1S/C24H23NO3S/c1-16-4-12-21(13-5-16)29-15-18-7-10-19(11-8-18)23(26)25-22-14-20(24(27)28-3)9-6-17(22)2/h4-14H,15H2,1-3H3,(H,25,26). The predicted octanol–water partition coefficient (Wildman–Crippen LogP) is 5.63. The Labute approximate surface area is 175 Å². The zero-order valence-electron chi connectivity index (χ0n) is 16.7. The van der Waals surface area contributed by atoms with Gasteiger partial charge in [-0.3, -0.25) is 4.79 Å². The van der Waals surface area contributed by atoms with Crippen molar-refractivity contribution in [1.29, 1.82) is 0 Å². The molecule has 0 aliphatic rings. The Kier molecular flexibility index (Phi) is 6.73. The molecule has 0 radical (unpaired) electrons. The maximum absolute atomic E-state index is 12.6. The number of benzene rings is 3. The molecule has 0 aliphatic heterocycles. The van der Waals surface area contributed by atoms with Crippen LogP contribution >= 0.6 is 11.8 Å². The third-order valence-electron chi connectivity index (χ3n) is 4.55. The van der Waals surface area contributed by atoms with Crippen LogP contribution in [0.4, 0.5) is 5.69 Å². The van der Waals surface area contributed by atoms with Crippen LogP contribution in [0.5, 0.6) is 0 Å². The lowest BCUT2D eigenvalue weighted by Crippen LogP contribution is -2.13. The topological polar surface area (TPSA) is 55.4 Å². The number of nitrogens with one attached hydrogen (secondary N) is 1. The van der Waals surface area contributed by atoms with Crippen LogP contribution in [0.15, 0.2) is 71.6 Å². The van der Waals surface area contributed by atoms with E-state index in [2.05, 4.69) is 36.5 Å². The van der Waals surface area contributed by atoms with Crippen molar-refractivity contribution in [1.82, 2.24) is 0 Å². The van der Waals surface area contributed by atoms with E-state index in [1.165, 1.54) is 17.6 Å². The zero-order valence-corrected chi connectivity index (χ0v) is 17.5. The quantitative estimate of drug-likeness (QED) is 0.426. The second kappa shape index (κ2) is 9.43. The Balaban J connectivity index is 1.64. The molecule has 0 heterocycles. The van der Waals surface area contributed by atoms with Gasteiger partial charge in [0.15, 0.2) is 0 Å². The van der Waals surface area contributed by atoms with Crippen LogP contribution in [0, 0.1) is 13.8 Å². The third kappa shape index (κ3) is 5.48. The van der Waals surface area contributed by atoms with Crippen molar-refractivity contribution in [3.8, 4) is 0 Å². The molecule has 0 aromatic heterocycles. The Morgan fingerprint density at radius 3 is 2.21 bits per heavy atom. The number of carbonyl (C=O) groups excluding carboxylic acids is 2. The van der Waals surface area contributed by atoms with Crippen LogP contribution in [0.3, 0.4) is 0 Å². The highest BCUT2D eigenvalue weighted by molar-refractivity contribution is 7.98. The summed E-state index contributed by atoms with van der Waals surface area (Å²) < 4.78 is 4.74. The number of hydrogen-bond acceptors (Lipinski definition) is 4. The number of amides is 1. The van der Waals surface area contributed by atoms with E-state index in [9.17, 15) is 9.59 Å². The second-order valence-electron chi connectivity index (χ2n) is 6.77. The Morgan fingerprint density at radius 1 is 0.897 bits per heavy atom. The number of ether oxygens (including phenoxy) is 1. The number of carbonyl (C=O) groups is 2. The number of hydrogen-bond donors (Lipinski definition) is 1. The molecule has 148 valence electrons. The molecule has 0 saturated carbocycles. The zero-order chi connectivity index (χ0) is 20.8. The molecule has 0 atom stereocenters. The molecule has 0 aliphatic carbocycles. The van der Waals surface area contributed by atoms with E-state index in [4.69, 9.17) is 4.74 Å². The fourth-order valence-electron chi connectivity index (χ4n) is 2.75.